The Labute approximate surface area is 134 Å². The van der Waals surface area contributed by atoms with Crippen LogP contribution in [0.2, 0.25) is 0 Å². The number of hydrogen-bond acceptors (Lipinski definition) is 4. The number of nitrogens with one attached hydrogen (secondary N) is 1. The quantitative estimate of drug-likeness (QED) is 0.871. The Morgan fingerprint density at radius 3 is 2.86 bits per heavy atom. The van der Waals surface area contributed by atoms with Crippen LogP contribution in [0.1, 0.15) is 50.1 Å². The number of aromatic nitrogens is 1. The summed E-state index contributed by atoms with van der Waals surface area (Å²) >= 11 is 1.51. The first kappa shape index (κ1) is 14.2. The van der Waals surface area contributed by atoms with Crippen LogP contribution in [0.15, 0.2) is 0 Å². The number of fused-ring (bicyclic) bond motifs is 1. The maximum atomic E-state index is 12.5. The number of hydrogen-bond donors (Lipinski definition) is 1. The third-order valence-electron chi connectivity index (χ3n) is 4.92. The van der Waals surface area contributed by atoms with E-state index < -0.39 is 0 Å². The van der Waals surface area contributed by atoms with E-state index in [1.54, 1.807) is 0 Å². The minimum atomic E-state index is -0.350. The zero-order chi connectivity index (χ0) is 15.5. The molecule has 0 radical (unpaired) electrons. The fourth-order valence-electron chi connectivity index (χ4n) is 3.34. The highest BCUT2D eigenvalue weighted by Gasteiger charge is 2.43. The molecule has 1 unspecified atom stereocenters. The minimum Gasteiger partial charge on any atom is -0.325 e. The molecule has 0 aromatic carbocycles. The summed E-state index contributed by atoms with van der Waals surface area (Å²) in [6.45, 7) is 4.52. The third-order valence-corrected chi connectivity index (χ3v) is 6.00. The Bertz CT molecular complexity index is 648. The lowest BCUT2D eigenvalue weighted by molar-refractivity contribution is -0.118. The number of carbonyl (C=O) groups excluding carboxylic acids is 2. The Balaban J connectivity index is 1.58. The van der Waals surface area contributed by atoms with Gasteiger partial charge in [-0.2, -0.15) is 0 Å². The van der Waals surface area contributed by atoms with Crippen molar-refractivity contribution < 1.29 is 9.59 Å². The van der Waals surface area contributed by atoms with Crippen LogP contribution < -0.4 is 10.2 Å². The number of rotatable bonds is 3. The molecule has 5 nitrogen and oxygen atoms in total. The second kappa shape index (κ2) is 4.78. The van der Waals surface area contributed by atoms with E-state index in [1.807, 2.05) is 0 Å². The monoisotopic (exact) mass is 319 g/mol. The maximum absolute atomic E-state index is 12.5. The van der Waals surface area contributed by atoms with Crippen molar-refractivity contribution in [1.29, 1.82) is 0 Å². The van der Waals surface area contributed by atoms with E-state index in [0.29, 0.717) is 11.0 Å². The topological polar surface area (TPSA) is 62.3 Å². The largest absolute Gasteiger partial charge is 0.331 e. The predicted molar refractivity (Wildman–Crippen MR) is 85.1 cm³/mol. The number of urea groups is 1. The van der Waals surface area contributed by atoms with Gasteiger partial charge in [0.2, 0.25) is 5.13 Å². The van der Waals surface area contributed by atoms with Crippen molar-refractivity contribution in [2.75, 3.05) is 4.90 Å². The lowest BCUT2D eigenvalue weighted by Crippen LogP contribution is -2.31. The molecule has 0 bridgehead atoms. The van der Waals surface area contributed by atoms with E-state index in [1.165, 1.54) is 34.0 Å². The molecule has 4 rings (SSSR count). The summed E-state index contributed by atoms with van der Waals surface area (Å²) in [4.78, 5) is 31.8. The Morgan fingerprint density at radius 2 is 2.14 bits per heavy atom. The zero-order valence-electron chi connectivity index (χ0n) is 13.0. The molecule has 1 saturated carbocycles. The normalized spacial score (nSPS) is 27.0. The van der Waals surface area contributed by atoms with Crippen LogP contribution in [-0.2, 0) is 17.6 Å². The molecule has 2 aliphatic carbocycles. The molecular weight excluding hydrogens is 298 g/mol. The van der Waals surface area contributed by atoms with E-state index >= 15 is 0 Å². The first-order valence-electron chi connectivity index (χ1n) is 8.06. The summed E-state index contributed by atoms with van der Waals surface area (Å²) in [5.41, 5.74) is 1.35. The summed E-state index contributed by atoms with van der Waals surface area (Å²) in [5, 5.41) is 3.38. The highest BCUT2D eigenvalue weighted by atomic mass is 32.1. The molecule has 1 N–H and O–H groups in total. The maximum Gasteiger partial charge on any atom is 0.331 e. The van der Waals surface area contributed by atoms with Crippen molar-refractivity contribution in [3.8, 4) is 0 Å². The zero-order valence-corrected chi connectivity index (χ0v) is 13.8. The highest BCUT2D eigenvalue weighted by molar-refractivity contribution is 7.16. The molecule has 1 aromatic heterocycles. The summed E-state index contributed by atoms with van der Waals surface area (Å²) in [6, 6.07) is -0.654. The van der Waals surface area contributed by atoms with Crippen molar-refractivity contribution in [2.45, 2.75) is 58.4 Å². The van der Waals surface area contributed by atoms with Crippen LogP contribution in [0.25, 0.3) is 0 Å². The van der Waals surface area contributed by atoms with Crippen LogP contribution in [0.5, 0.6) is 0 Å². The molecule has 3 aliphatic rings. The van der Waals surface area contributed by atoms with Gasteiger partial charge in [0.25, 0.3) is 5.91 Å². The van der Waals surface area contributed by atoms with Gasteiger partial charge in [0.05, 0.1) is 5.69 Å². The molecular formula is C16H21N3O2S. The lowest BCUT2D eigenvalue weighted by Gasteiger charge is -2.28. The molecule has 118 valence electrons. The molecule has 2 heterocycles. The number of imide groups is 1. The molecule has 3 amide bonds. The second-order valence-corrected chi connectivity index (χ2v) is 8.62. The molecule has 0 spiro atoms. The first-order valence-corrected chi connectivity index (χ1v) is 8.88. The standard InChI is InChI=1S/C16H21N3O2S/c1-16(2)6-5-10-12(8-16)22-15(18-10)19-13(20)11(17-14(19)21)7-9-3-4-9/h9,11H,3-8H2,1-2H3,(H,17,21). The van der Waals surface area contributed by atoms with Crippen molar-refractivity contribution in [1.82, 2.24) is 10.3 Å². The van der Waals surface area contributed by atoms with Gasteiger partial charge in [-0.25, -0.2) is 14.7 Å². The van der Waals surface area contributed by atoms with Gasteiger partial charge in [-0.05, 0) is 37.0 Å². The number of amides is 3. The van der Waals surface area contributed by atoms with E-state index in [2.05, 4.69) is 24.1 Å². The van der Waals surface area contributed by atoms with Crippen LogP contribution in [0, 0.1) is 11.3 Å². The summed E-state index contributed by atoms with van der Waals surface area (Å²) < 4.78 is 0. The van der Waals surface area contributed by atoms with E-state index in [0.717, 1.165) is 31.4 Å². The highest BCUT2D eigenvalue weighted by Crippen LogP contribution is 2.41. The number of aryl methyl sites for hydroxylation is 1. The van der Waals surface area contributed by atoms with E-state index in [4.69, 9.17) is 0 Å². The van der Waals surface area contributed by atoms with Gasteiger partial charge in [-0.1, -0.05) is 26.7 Å². The second-order valence-electron chi connectivity index (χ2n) is 7.56. The van der Waals surface area contributed by atoms with E-state index in [-0.39, 0.29) is 23.4 Å². The first-order chi connectivity index (χ1) is 10.4. The molecule has 1 saturated heterocycles. The third kappa shape index (κ3) is 2.43. The van der Waals surface area contributed by atoms with Crippen LogP contribution in [0.3, 0.4) is 0 Å². The SMILES string of the molecule is CC1(C)CCc2nc(N3C(=O)NC(CC4CC4)C3=O)sc2C1. The smallest absolute Gasteiger partial charge is 0.325 e. The molecule has 1 atom stereocenters. The van der Waals surface area contributed by atoms with Crippen molar-refractivity contribution in [2.24, 2.45) is 11.3 Å². The summed E-state index contributed by atoms with van der Waals surface area (Å²) in [6.07, 6.45) is 6.16. The van der Waals surface area contributed by atoms with Crippen molar-refractivity contribution in [3.63, 3.8) is 0 Å². The van der Waals surface area contributed by atoms with E-state index in [9.17, 15) is 9.59 Å². The average molecular weight is 319 g/mol. The Hall–Kier alpha value is -1.43. The van der Waals surface area contributed by atoms with Gasteiger partial charge >= 0.3 is 6.03 Å². The molecule has 1 aliphatic heterocycles. The minimum absolute atomic E-state index is 0.123. The Kier molecular flexibility index (Phi) is 3.08. The number of nitrogens with zero attached hydrogens (tertiary/aromatic N) is 2. The number of anilines is 1. The molecule has 6 heteroatoms. The lowest BCUT2D eigenvalue weighted by atomic mass is 9.79. The van der Waals surface area contributed by atoms with Gasteiger partial charge in [-0.3, -0.25) is 4.79 Å². The van der Waals surface area contributed by atoms with Crippen molar-refractivity contribution in [3.05, 3.63) is 10.6 Å². The van der Waals surface area contributed by atoms with Crippen LogP contribution >= 0.6 is 11.3 Å². The van der Waals surface area contributed by atoms with Crippen LogP contribution in [-0.4, -0.2) is 23.0 Å². The number of thiazole rings is 1. The fraction of sp³-hybridized carbons (Fsp3) is 0.688. The van der Waals surface area contributed by atoms with Gasteiger partial charge in [0.1, 0.15) is 6.04 Å². The van der Waals surface area contributed by atoms with Crippen molar-refractivity contribution >= 4 is 28.4 Å². The average Bonchev–Trinajstić information content (AvgIpc) is 3.09. The molecule has 1 aromatic rings. The van der Waals surface area contributed by atoms with Gasteiger partial charge < -0.3 is 5.32 Å². The fourth-order valence-corrected chi connectivity index (χ4v) is 4.71. The number of carbonyl (C=O) groups is 2. The van der Waals surface area contributed by atoms with Gasteiger partial charge in [0.15, 0.2) is 0 Å². The molecule has 2 fully saturated rings. The predicted octanol–water partition coefficient (Wildman–Crippen LogP) is 2.88. The van der Waals surface area contributed by atoms with Gasteiger partial charge in [-0.15, -0.1) is 11.3 Å². The Morgan fingerprint density at radius 1 is 1.36 bits per heavy atom. The summed E-state index contributed by atoms with van der Waals surface area (Å²) in [7, 11) is 0. The van der Waals surface area contributed by atoms with Gasteiger partial charge in [0, 0.05) is 4.88 Å². The van der Waals surface area contributed by atoms with Crippen LogP contribution in [0.4, 0.5) is 9.93 Å². The molecule has 22 heavy (non-hydrogen) atoms. The summed E-state index contributed by atoms with van der Waals surface area (Å²) in [5.74, 6) is 0.488.